The van der Waals surface area contributed by atoms with Crippen LogP contribution in [-0.2, 0) is 23.0 Å². The van der Waals surface area contributed by atoms with E-state index in [-0.39, 0.29) is 5.16 Å². The number of unbranched alkanes of at least 4 members (excludes halogenated alkanes) is 2. The maximum atomic E-state index is 11.2. The number of hydrogen-bond acceptors (Lipinski definition) is 4. The van der Waals surface area contributed by atoms with Gasteiger partial charge in [0.25, 0.3) is 15.2 Å². The molecule has 0 amide bonds. The summed E-state index contributed by atoms with van der Waals surface area (Å²) in [5, 5.41) is 12.4. The van der Waals surface area contributed by atoms with Crippen LogP contribution in [-0.4, -0.2) is 23.2 Å². The fraction of sp³-hybridized carbons (Fsp3) is 0.778. The van der Waals surface area contributed by atoms with Gasteiger partial charge in [0, 0.05) is 13.0 Å². The molecule has 1 aromatic rings. The summed E-state index contributed by atoms with van der Waals surface area (Å²) in [6.07, 6.45) is 3.94. The Kier molecular flexibility index (Phi) is 4.43. The van der Waals surface area contributed by atoms with Crippen LogP contribution < -0.4 is 5.14 Å². The molecule has 0 saturated carbocycles. The number of aryl methyl sites for hydroxylation is 1. The quantitative estimate of drug-likeness (QED) is 0.747. The molecular weight excluding hydrogens is 228 g/mol. The van der Waals surface area contributed by atoms with Crippen LogP contribution in [0, 0.1) is 0 Å². The SMILES string of the molecule is CCCCCc1nnc(S(N)(=O)=O)n1CC. The van der Waals surface area contributed by atoms with Gasteiger partial charge in [0.2, 0.25) is 0 Å². The summed E-state index contributed by atoms with van der Waals surface area (Å²) >= 11 is 0. The van der Waals surface area contributed by atoms with Gasteiger partial charge in [-0.3, -0.25) is 0 Å². The van der Waals surface area contributed by atoms with E-state index in [1.165, 1.54) is 0 Å². The zero-order chi connectivity index (χ0) is 12.2. The summed E-state index contributed by atoms with van der Waals surface area (Å²) in [4.78, 5) is 0. The van der Waals surface area contributed by atoms with Crippen LogP contribution in [0.1, 0.15) is 38.9 Å². The Hall–Kier alpha value is -0.950. The number of nitrogens with zero attached hydrogens (tertiary/aromatic N) is 3. The van der Waals surface area contributed by atoms with Gasteiger partial charge in [0.1, 0.15) is 5.82 Å². The molecular formula is C9H18N4O2S. The number of hydrogen-bond donors (Lipinski definition) is 1. The number of aromatic nitrogens is 3. The first kappa shape index (κ1) is 13.1. The molecule has 0 aromatic carbocycles. The van der Waals surface area contributed by atoms with E-state index in [1.54, 1.807) is 4.57 Å². The molecule has 0 unspecified atom stereocenters. The summed E-state index contributed by atoms with van der Waals surface area (Å²) in [7, 11) is -3.77. The van der Waals surface area contributed by atoms with Crippen molar-refractivity contribution in [3.8, 4) is 0 Å². The van der Waals surface area contributed by atoms with Crippen molar-refractivity contribution in [2.45, 2.75) is 51.2 Å². The molecule has 6 nitrogen and oxygen atoms in total. The van der Waals surface area contributed by atoms with Crippen LogP contribution in [0.2, 0.25) is 0 Å². The van der Waals surface area contributed by atoms with Gasteiger partial charge in [-0.05, 0) is 13.3 Å². The van der Waals surface area contributed by atoms with Crippen molar-refractivity contribution in [1.29, 1.82) is 0 Å². The Bertz CT molecular complexity index is 438. The van der Waals surface area contributed by atoms with Crippen molar-refractivity contribution in [2.75, 3.05) is 0 Å². The highest BCUT2D eigenvalue weighted by atomic mass is 32.2. The second-order valence-corrected chi connectivity index (χ2v) is 5.10. The minimum absolute atomic E-state index is 0.138. The molecule has 1 rings (SSSR count). The first-order valence-electron chi connectivity index (χ1n) is 5.45. The maximum absolute atomic E-state index is 11.2. The van der Waals surface area contributed by atoms with Gasteiger partial charge < -0.3 is 4.57 Å². The molecule has 2 N–H and O–H groups in total. The van der Waals surface area contributed by atoms with Gasteiger partial charge >= 0.3 is 0 Å². The van der Waals surface area contributed by atoms with Gasteiger partial charge in [-0.1, -0.05) is 19.8 Å². The Labute approximate surface area is 95.9 Å². The summed E-state index contributed by atoms with van der Waals surface area (Å²) in [5.41, 5.74) is 0. The van der Waals surface area contributed by atoms with Crippen LogP contribution in [0.3, 0.4) is 0 Å². The van der Waals surface area contributed by atoms with Crippen molar-refractivity contribution in [1.82, 2.24) is 14.8 Å². The molecule has 1 aromatic heterocycles. The number of primary sulfonamides is 1. The summed E-state index contributed by atoms with van der Waals surface area (Å²) in [6.45, 7) is 4.47. The van der Waals surface area contributed by atoms with Crippen molar-refractivity contribution < 1.29 is 8.42 Å². The average molecular weight is 246 g/mol. The average Bonchev–Trinajstić information content (AvgIpc) is 2.60. The largest absolute Gasteiger partial charge is 0.301 e. The predicted molar refractivity (Wildman–Crippen MR) is 60.3 cm³/mol. The molecule has 0 aliphatic rings. The molecule has 0 atom stereocenters. The number of sulfonamides is 1. The number of nitrogens with two attached hydrogens (primary N) is 1. The monoisotopic (exact) mass is 246 g/mol. The minimum Gasteiger partial charge on any atom is -0.301 e. The molecule has 7 heteroatoms. The third kappa shape index (κ3) is 3.02. The second kappa shape index (κ2) is 5.40. The van der Waals surface area contributed by atoms with Crippen molar-refractivity contribution in [3.63, 3.8) is 0 Å². The molecule has 92 valence electrons. The molecule has 0 aliphatic carbocycles. The normalized spacial score (nSPS) is 11.9. The van der Waals surface area contributed by atoms with Crippen LogP contribution >= 0.6 is 0 Å². The van der Waals surface area contributed by atoms with Gasteiger partial charge in [0.05, 0.1) is 0 Å². The van der Waals surface area contributed by atoms with Gasteiger partial charge in [-0.15, -0.1) is 10.2 Å². The Morgan fingerprint density at radius 2 is 1.94 bits per heavy atom. The topological polar surface area (TPSA) is 90.9 Å². The zero-order valence-electron chi connectivity index (χ0n) is 9.68. The predicted octanol–water partition coefficient (Wildman–Crippen LogP) is 0.678. The van der Waals surface area contributed by atoms with Crippen LogP contribution in [0.4, 0.5) is 0 Å². The van der Waals surface area contributed by atoms with E-state index in [9.17, 15) is 8.42 Å². The highest BCUT2D eigenvalue weighted by Gasteiger charge is 2.19. The first-order valence-corrected chi connectivity index (χ1v) is 7.00. The fourth-order valence-electron chi connectivity index (χ4n) is 1.57. The van der Waals surface area contributed by atoms with Crippen molar-refractivity contribution in [3.05, 3.63) is 5.82 Å². The minimum atomic E-state index is -3.77. The van der Waals surface area contributed by atoms with E-state index in [2.05, 4.69) is 17.1 Å². The summed E-state index contributed by atoms with van der Waals surface area (Å²) in [6, 6.07) is 0. The van der Waals surface area contributed by atoms with Crippen molar-refractivity contribution >= 4 is 10.0 Å². The highest BCUT2D eigenvalue weighted by molar-refractivity contribution is 7.89. The van der Waals surface area contributed by atoms with E-state index in [0.29, 0.717) is 12.4 Å². The molecule has 1 heterocycles. The molecule has 0 saturated heterocycles. The van der Waals surface area contributed by atoms with Crippen LogP contribution in [0.15, 0.2) is 5.16 Å². The number of rotatable bonds is 6. The second-order valence-electron chi connectivity index (χ2n) is 3.65. The third-order valence-electron chi connectivity index (χ3n) is 2.37. The van der Waals surface area contributed by atoms with Crippen molar-refractivity contribution in [2.24, 2.45) is 5.14 Å². The lowest BCUT2D eigenvalue weighted by atomic mass is 10.2. The highest BCUT2D eigenvalue weighted by Crippen LogP contribution is 2.10. The molecule has 0 spiro atoms. The standard InChI is InChI=1S/C9H18N4O2S/c1-3-5-6-7-8-11-12-9(13(8)4-2)16(10,14)15/h3-7H2,1-2H3,(H2,10,14,15). The van der Waals surface area contributed by atoms with E-state index in [1.807, 2.05) is 6.92 Å². The molecule has 0 radical (unpaired) electrons. The lowest BCUT2D eigenvalue weighted by Gasteiger charge is -2.05. The third-order valence-corrected chi connectivity index (χ3v) is 3.18. The maximum Gasteiger partial charge on any atom is 0.273 e. The first-order chi connectivity index (χ1) is 7.50. The summed E-state index contributed by atoms with van der Waals surface area (Å²) < 4.78 is 24.0. The Balaban J connectivity index is 2.91. The zero-order valence-corrected chi connectivity index (χ0v) is 10.5. The van der Waals surface area contributed by atoms with Gasteiger partial charge in [-0.2, -0.15) is 0 Å². The Morgan fingerprint density at radius 1 is 1.25 bits per heavy atom. The van der Waals surface area contributed by atoms with E-state index in [4.69, 9.17) is 5.14 Å². The van der Waals surface area contributed by atoms with E-state index >= 15 is 0 Å². The van der Waals surface area contributed by atoms with E-state index < -0.39 is 10.0 Å². The van der Waals surface area contributed by atoms with Crippen LogP contribution in [0.5, 0.6) is 0 Å². The smallest absolute Gasteiger partial charge is 0.273 e. The van der Waals surface area contributed by atoms with E-state index in [0.717, 1.165) is 25.7 Å². The van der Waals surface area contributed by atoms with Gasteiger partial charge in [-0.25, -0.2) is 13.6 Å². The molecule has 16 heavy (non-hydrogen) atoms. The van der Waals surface area contributed by atoms with Gasteiger partial charge in [0.15, 0.2) is 0 Å². The molecule has 0 aliphatic heterocycles. The molecule has 0 bridgehead atoms. The van der Waals surface area contributed by atoms with Crippen LogP contribution in [0.25, 0.3) is 0 Å². The fourth-order valence-corrected chi connectivity index (χ4v) is 2.26. The summed E-state index contributed by atoms with van der Waals surface area (Å²) in [5.74, 6) is 0.694. The Morgan fingerprint density at radius 3 is 2.44 bits per heavy atom. The molecule has 0 fully saturated rings. The lowest BCUT2D eigenvalue weighted by Crippen LogP contribution is -2.19. The lowest BCUT2D eigenvalue weighted by molar-refractivity contribution is 0.559.